The average molecular weight is 407 g/mol. The van der Waals surface area contributed by atoms with Crippen molar-refractivity contribution in [3.8, 4) is 5.75 Å². The standard InChI is InChI=1S/C18H22N4O3S2/c1-25-14-8-6-13(7-9-14)20-17(24)18-22-21-16(27-18)11-26-10-15(23)19-12-4-2-3-5-12/h6-9,12H,2-5,10-11H2,1H3,(H,19,23)(H,20,24). The third-order valence-corrected chi connectivity index (χ3v) is 6.24. The monoisotopic (exact) mass is 406 g/mol. The summed E-state index contributed by atoms with van der Waals surface area (Å²) in [4.78, 5) is 24.2. The molecule has 3 rings (SSSR count). The Morgan fingerprint density at radius 2 is 1.96 bits per heavy atom. The molecule has 0 atom stereocenters. The molecule has 7 nitrogen and oxygen atoms in total. The highest BCUT2D eigenvalue weighted by molar-refractivity contribution is 7.99. The number of benzene rings is 1. The van der Waals surface area contributed by atoms with Crippen LogP contribution in [0.1, 0.15) is 40.5 Å². The fraction of sp³-hybridized carbons (Fsp3) is 0.444. The van der Waals surface area contributed by atoms with Crippen molar-refractivity contribution >= 4 is 40.6 Å². The van der Waals surface area contributed by atoms with Crippen molar-refractivity contribution in [2.75, 3.05) is 18.2 Å². The van der Waals surface area contributed by atoms with Gasteiger partial charge in [0.25, 0.3) is 5.91 Å². The van der Waals surface area contributed by atoms with Crippen molar-refractivity contribution in [2.24, 2.45) is 0 Å². The predicted molar refractivity (Wildman–Crippen MR) is 107 cm³/mol. The van der Waals surface area contributed by atoms with Gasteiger partial charge in [0.15, 0.2) is 0 Å². The van der Waals surface area contributed by atoms with Crippen molar-refractivity contribution in [3.63, 3.8) is 0 Å². The van der Waals surface area contributed by atoms with Crippen LogP contribution in [0.3, 0.4) is 0 Å². The molecule has 1 aliphatic rings. The normalized spacial score (nSPS) is 14.1. The molecule has 0 unspecified atom stereocenters. The smallest absolute Gasteiger partial charge is 0.286 e. The third-order valence-electron chi connectivity index (χ3n) is 4.19. The molecule has 1 heterocycles. The summed E-state index contributed by atoms with van der Waals surface area (Å²) in [5.74, 6) is 1.44. The first-order valence-electron chi connectivity index (χ1n) is 8.79. The minimum absolute atomic E-state index is 0.0638. The van der Waals surface area contributed by atoms with E-state index in [1.54, 1.807) is 31.4 Å². The Morgan fingerprint density at radius 1 is 1.22 bits per heavy atom. The molecule has 1 aromatic heterocycles. The minimum atomic E-state index is -0.298. The minimum Gasteiger partial charge on any atom is -0.497 e. The van der Waals surface area contributed by atoms with Crippen LogP contribution in [0.15, 0.2) is 24.3 Å². The molecule has 9 heteroatoms. The number of nitrogens with zero attached hydrogens (tertiary/aromatic N) is 2. The van der Waals surface area contributed by atoms with E-state index >= 15 is 0 Å². The molecule has 0 aliphatic heterocycles. The number of nitrogens with one attached hydrogen (secondary N) is 2. The zero-order chi connectivity index (χ0) is 19.1. The summed E-state index contributed by atoms with van der Waals surface area (Å²) in [6.07, 6.45) is 4.56. The van der Waals surface area contributed by atoms with Crippen LogP contribution < -0.4 is 15.4 Å². The van der Waals surface area contributed by atoms with Crippen LogP contribution in [0.5, 0.6) is 5.75 Å². The van der Waals surface area contributed by atoms with Crippen LogP contribution in [0.4, 0.5) is 5.69 Å². The second-order valence-corrected chi connectivity index (χ2v) is 8.27. The summed E-state index contributed by atoms with van der Waals surface area (Å²) in [7, 11) is 1.59. The van der Waals surface area contributed by atoms with Crippen LogP contribution in [0, 0.1) is 0 Å². The summed E-state index contributed by atoms with van der Waals surface area (Å²) in [5, 5.41) is 14.9. The van der Waals surface area contributed by atoms with Crippen molar-refractivity contribution < 1.29 is 14.3 Å². The Balaban J connectivity index is 1.43. The molecule has 144 valence electrons. The molecule has 0 spiro atoms. The SMILES string of the molecule is COc1ccc(NC(=O)c2nnc(CSCC(=O)NC3CCCC3)s2)cc1. The number of hydrogen-bond acceptors (Lipinski definition) is 7. The van der Waals surface area contributed by atoms with E-state index in [1.807, 2.05) is 0 Å². The molecule has 2 N–H and O–H groups in total. The van der Waals surface area contributed by atoms with Crippen molar-refractivity contribution in [3.05, 3.63) is 34.3 Å². The molecule has 1 aliphatic carbocycles. The number of anilines is 1. The Kier molecular flexibility index (Phi) is 7.05. The number of hydrogen-bond donors (Lipinski definition) is 2. The Hall–Kier alpha value is -2.13. The molecular formula is C18H22N4O3S2. The van der Waals surface area contributed by atoms with Crippen molar-refractivity contribution in [2.45, 2.75) is 37.5 Å². The number of methoxy groups -OCH3 is 1. The van der Waals surface area contributed by atoms with Gasteiger partial charge in [-0.15, -0.1) is 22.0 Å². The number of ether oxygens (including phenoxy) is 1. The van der Waals surface area contributed by atoms with Crippen LogP contribution in [-0.2, 0) is 10.5 Å². The van der Waals surface area contributed by atoms with E-state index in [2.05, 4.69) is 20.8 Å². The van der Waals surface area contributed by atoms with Gasteiger partial charge >= 0.3 is 0 Å². The highest BCUT2D eigenvalue weighted by Crippen LogP contribution is 2.20. The maximum absolute atomic E-state index is 12.3. The van der Waals surface area contributed by atoms with Gasteiger partial charge in [-0.3, -0.25) is 9.59 Å². The summed E-state index contributed by atoms with van der Waals surface area (Å²) >= 11 is 2.72. The second kappa shape index (κ2) is 9.70. The molecule has 0 saturated heterocycles. The van der Waals surface area contributed by atoms with Gasteiger partial charge in [-0.2, -0.15) is 0 Å². The Bertz CT molecular complexity index is 773. The number of thioether (sulfide) groups is 1. The van der Waals surface area contributed by atoms with Gasteiger partial charge in [0, 0.05) is 17.5 Å². The number of rotatable bonds is 8. The molecule has 2 aromatic rings. The van der Waals surface area contributed by atoms with E-state index in [0.717, 1.165) is 23.6 Å². The molecule has 0 bridgehead atoms. The molecular weight excluding hydrogens is 384 g/mol. The molecule has 1 saturated carbocycles. The largest absolute Gasteiger partial charge is 0.497 e. The van der Waals surface area contributed by atoms with E-state index in [9.17, 15) is 9.59 Å². The van der Waals surface area contributed by atoms with Gasteiger partial charge < -0.3 is 15.4 Å². The molecule has 27 heavy (non-hydrogen) atoms. The average Bonchev–Trinajstić information content (AvgIpc) is 3.34. The summed E-state index contributed by atoms with van der Waals surface area (Å²) in [6.45, 7) is 0. The molecule has 1 aromatic carbocycles. The summed E-state index contributed by atoms with van der Waals surface area (Å²) in [6, 6.07) is 7.41. The molecule has 2 amide bonds. The predicted octanol–water partition coefficient (Wildman–Crippen LogP) is 3.09. The van der Waals surface area contributed by atoms with Crippen molar-refractivity contribution in [1.29, 1.82) is 0 Å². The first-order chi connectivity index (χ1) is 13.1. The Morgan fingerprint density at radius 3 is 2.67 bits per heavy atom. The number of aromatic nitrogens is 2. The lowest BCUT2D eigenvalue weighted by molar-refractivity contribution is -0.119. The van der Waals surface area contributed by atoms with Gasteiger partial charge in [0.1, 0.15) is 10.8 Å². The van der Waals surface area contributed by atoms with Crippen LogP contribution in [-0.4, -0.2) is 40.9 Å². The summed E-state index contributed by atoms with van der Waals surface area (Å²) < 4.78 is 5.09. The van der Waals surface area contributed by atoms with Crippen LogP contribution in [0.2, 0.25) is 0 Å². The zero-order valence-electron chi connectivity index (χ0n) is 15.1. The highest BCUT2D eigenvalue weighted by atomic mass is 32.2. The number of carbonyl (C=O) groups excluding carboxylic acids is 2. The van der Waals surface area contributed by atoms with Gasteiger partial charge in [-0.05, 0) is 37.1 Å². The summed E-state index contributed by atoms with van der Waals surface area (Å²) in [5.41, 5.74) is 0.663. The van der Waals surface area contributed by atoms with Gasteiger partial charge in [-0.25, -0.2) is 0 Å². The topological polar surface area (TPSA) is 93.2 Å². The van der Waals surface area contributed by atoms with E-state index in [-0.39, 0.29) is 11.8 Å². The maximum atomic E-state index is 12.3. The van der Waals surface area contributed by atoms with E-state index in [4.69, 9.17) is 4.74 Å². The van der Waals surface area contributed by atoms with Crippen molar-refractivity contribution in [1.82, 2.24) is 15.5 Å². The van der Waals surface area contributed by atoms with Gasteiger partial charge in [0.2, 0.25) is 10.9 Å². The van der Waals surface area contributed by atoms with Gasteiger partial charge in [0.05, 0.1) is 12.9 Å². The van der Waals surface area contributed by atoms with E-state index < -0.39 is 0 Å². The lowest BCUT2D eigenvalue weighted by Gasteiger charge is -2.10. The first-order valence-corrected chi connectivity index (χ1v) is 10.8. The number of carbonyl (C=O) groups is 2. The Labute approximate surface area is 166 Å². The van der Waals surface area contributed by atoms with Crippen LogP contribution >= 0.6 is 23.1 Å². The third kappa shape index (κ3) is 5.93. The molecule has 0 radical (unpaired) electrons. The van der Waals surface area contributed by atoms with E-state index in [1.165, 1.54) is 35.9 Å². The second-order valence-electron chi connectivity index (χ2n) is 6.23. The fourth-order valence-corrected chi connectivity index (χ4v) is 4.45. The van der Waals surface area contributed by atoms with E-state index in [0.29, 0.717) is 28.2 Å². The first kappa shape index (κ1) is 19.6. The van der Waals surface area contributed by atoms with Gasteiger partial charge in [-0.1, -0.05) is 24.2 Å². The van der Waals surface area contributed by atoms with Crippen LogP contribution in [0.25, 0.3) is 0 Å². The lowest BCUT2D eigenvalue weighted by Crippen LogP contribution is -2.33. The molecule has 1 fully saturated rings. The lowest BCUT2D eigenvalue weighted by atomic mass is 10.2. The number of amides is 2. The fourth-order valence-electron chi connectivity index (χ4n) is 2.83. The quantitative estimate of drug-likeness (QED) is 0.700. The highest BCUT2D eigenvalue weighted by Gasteiger charge is 2.17. The maximum Gasteiger partial charge on any atom is 0.286 e. The zero-order valence-corrected chi connectivity index (χ0v) is 16.7.